The molecule has 1 aliphatic rings. The molecule has 0 saturated carbocycles. The van der Waals surface area contributed by atoms with Gasteiger partial charge in [-0.05, 0) is 19.2 Å². The highest BCUT2D eigenvalue weighted by Gasteiger charge is 2.20. The summed E-state index contributed by atoms with van der Waals surface area (Å²) in [5, 5.41) is 9.12. The first-order chi connectivity index (χ1) is 4.70. The molecule has 0 amide bonds. The number of aliphatic hydroxyl groups is 1. The Morgan fingerprint density at radius 2 is 2.10 bits per heavy atom. The largest absolute Gasteiger partial charge is 0.369 e. The first kappa shape index (κ1) is 8.09. The molecule has 1 aliphatic heterocycles. The van der Waals surface area contributed by atoms with Crippen molar-refractivity contribution < 1.29 is 9.84 Å². The smallest absolute Gasteiger partial charge is 0.147 e. The van der Waals surface area contributed by atoms with Crippen LogP contribution >= 0.6 is 0 Å². The predicted octanol–water partition coefficient (Wildman–Crippen LogP) is 0.900. The molecule has 3 atom stereocenters. The molecule has 0 aliphatic carbocycles. The van der Waals surface area contributed by atoms with E-state index in [1.807, 2.05) is 6.92 Å². The van der Waals surface area contributed by atoms with E-state index in [4.69, 9.17) is 9.84 Å². The van der Waals surface area contributed by atoms with Crippen LogP contribution in [0.5, 0.6) is 0 Å². The molecule has 1 saturated heterocycles. The van der Waals surface area contributed by atoms with Gasteiger partial charge in [0.2, 0.25) is 0 Å². The summed E-state index contributed by atoms with van der Waals surface area (Å²) in [5.41, 5.74) is 0. The molecule has 1 radical (unpaired) electrons. The van der Waals surface area contributed by atoms with Crippen LogP contribution in [0.2, 0.25) is 12.6 Å². The summed E-state index contributed by atoms with van der Waals surface area (Å²) in [7, 11) is 2.10. The zero-order valence-electron chi connectivity index (χ0n) is 6.58. The summed E-state index contributed by atoms with van der Waals surface area (Å²) in [6.07, 6.45) is 1.35. The average Bonchev–Trinajstić information content (AvgIpc) is 1.96. The molecule has 1 fully saturated rings. The second-order valence-corrected chi connectivity index (χ2v) is 3.03. The van der Waals surface area contributed by atoms with Gasteiger partial charge in [-0.15, -0.1) is 0 Å². The van der Waals surface area contributed by atoms with Crippen LogP contribution in [-0.2, 0) is 4.74 Å². The summed E-state index contributed by atoms with van der Waals surface area (Å²) in [5.74, 6) is 0.539. The van der Waals surface area contributed by atoms with Crippen LogP contribution < -0.4 is 0 Å². The standard InChI is InChI=1S/C7H14BO2/c1-5-3-8-4-7(9)10-6(5)2/h5-7,9H,3-4H2,1-2H3. The molecule has 10 heavy (non-hydrogen) atoms. The van der Waals surface area contributed by atoms with Crippen molar-refractivity contribution in [1.29, 1.82) is 0 Å². The Kier molecular flexibility index (Phi) is 2.75. The molecule has 1 N–H and O–H groups in total. The molecular formula is C7H14BO2. The Bertz CT molecular complexity index is 108. The molecule has 0 aromatic heterocycles. The van der Waals surface area contributed by atoms with E-state index < -0.39 is 6.29 Å². The third-order valence-corrected chi connectivity index (χ3v) is 2.08. The minimum atomic E-state index is -0.569. The number of aliphatic hydroxyl groups excluding tert-OH is 1. The molecular weight excluding hydrogens is 127 g/mol. The number of hydrogen-bond acceptors (Lipinski definition) is 2. The van der Waals surface area contributed by atoms with Crippen molar-refractivity contribution in [3.05, 3.63) is 0 Å². The van der Waals surface area contributed by atoms with E-state index in [9.17, 15) is 0 Å². The average molecular weight is 141 g/mol. The second-order valence-electron chi connectivity index (χ2n) is 3.03. The quantitative estimate of drug-likeness (QED) is 0.508. The van der Waals surface area contributed by atoms with Gasteiger partial charge in [-0.1, -0.05) is 13.2 Å². The van der Waals surface area contributed by atoms with E-state index in [0.29, 0.717) is 12.2 Å². The normalized spacial score (nSPS) is 42.1. The predicted molar refractivity (Wildman–Crippen MR) is 41.1 cm³/mol. The zero-order valence-corrected chi connectivity index (χ0v) is 6.58. The number of hydrogen-bond donors (Lipinski definition) is 1. The molecule has 1 heterocycles. The van der Waals surface area contributed by atoms with E-state index in [-0.39, 0.29) is 6.10 Å². The summed E-state index contributed by atoms with van der Waals surface area (Å²) < 4.78 is 5.25. The van der Waals surface area contributed by atoms with E-state index >= 15 is 0 Å². The lowest BCUT2D eigenvalue weighted by Gasteiger charge is -2.18. The molecule has 57 valence electrons. The monoisotopic (exact) mass is 141 g/mol. The van der Waals surface area contributed by atoms with Crippen LogP contribution in [0.1, 0.15) is 13.8 Å². The summed E-state index contributed by atoms with van der Waals surface area (Å²) >= 11 is 0. The number of ether oxygens (including phenoxy) is 1. The van der Waals surface area contributed by atoms with Crippen molar-refractivity contribution in [1.82, 2.24) is 0 Å². The van der Waals surface area contributed by atoms with Gasteiger partial charge in [-0.3, -0.25) is 0 Å². The lowest BCUT2D eigenvalue weighted by molar-refractivity contribution is -0.125. The first-order valence-electron chi connectivity index (χ1n) is 3.85. The Morgan fingerprint density at radius 1 is 1.40 bits per heavy atom. The molecule has 0 aromatic carbocycles. The van der Waals surface area contributed by atoms with Crippen molar-refractivity contribution >= 4 is 7.28 Å². The maximum absolute atomic E-state index is 9.12. The van der Waals surface area contributed by atoms with E-state index in [2.05, 4.69) is 14.2 Å². The summed E-state index contributed by atoms with van der Waals surface area (Å²) in [6, 6.07) is 0. The Hall–Kier alpha value is -0.0151. The topological polar surface area (TPSA) is 29.5 Å². The third-order valence-electron chi connectivity index (χ3n) is 2.08. The molecule has 3 heteroatoms. The maximum Gasteiger partial charge on any atom is 0.147 e. The van der Waals surface area contributed by atoms with Crippen LogP contribution in [0.15, 0.2) is 0 Å². The highest BCUT2D eigenvalue weighted by molar-refractivity contribution is 6.35. The van der Waals surface area contributed by atoms with Crippen LogP contribution in [0.3, 0.4) is 0 Å². The lowest BCUT2D eigenvalue weighted by atomic mass is 9.67. The summed E-state index contributed by atoms with van der Waals surface area (Å²) in [6.45, 7) is 4.15. The molecule has 0 aromatic rings. The van der Waals surface area contributed by atoms with Gasteiger partial charge in [0.25, 0.3) is 0 Å². The molecule has 2 nitrogen and oxygen atoms in total. The van der Waals surface area contributed by atoms with Crippen LogP contribution in [-0.4, -0.2) is 24.8 Å². The first-order valence-corrected chi connectivity index (χ1v) is 3.85. The fraction of sp³-hybridized carbons (Fsp3) is 1.00. The molecule has 0 spiro atoms. The summed E-state index contributed by atoms with van der Waals surface area (Å²) in [4.78, 5) is 0. The highest BCUT2D eigenvalue weighted by Crippen LogP contribution is 2.18. The van der Waals surface area contributed by atoms with E-state index in [0.717, 1.165) is 6.32 Å². The van der Waals surface area contributed by atoms with Crippen molar-refractivity contribution in [3.63, 3.8) is 0 Å². The van der Waals surface area contributed by atoms with Gasteiger partial charge in [0, 0.05) is 0 Å². The minimum absolute atomic E-state index is 0.189. The maximum atomic E-state index is 9.12. The zero-order chi connectivity index (χ0) is 7.56. The third kappa shape index (κ3) is 1.99. The highest BCUT2D eigenvalue weighted by atomic mass is 16.6. The molecule has 0 bridgehead atoms. The van der Waals surface area contributed by atoms with Crippen molar-refractivity contribution in [2.24, 2.45) is 5.92 Å². The van der Waals surface area contributed by atoms with Gasteiger partial charge in [0.1, 0.15) is 13.6 Å². The lowest BCUT2D eigenvalue weighted by Crippen LogP contribution is -2.20. The van der Waals surface area contributed by atoms with Gasteiger partial charge in [0.05, 0.1) is 6.10 Å². The minimum Gasteiger partial charge on any atom is -0.369 e. The van der Waals surface area contributed by atoms with E-state index in [1.54, 1.807) is 0 Å². The van der Waals surface area contributed by atoms with Gasteiger partial charge in [-0.2, -0.15) is 0 Å². The van der Waals surface area contributed by atoms with Crippen LogP contribution in [0, 0.1) is 5.92 Å². The van der Waals surface area contributed by atoms with Crippen molar-refractivity contribution in [2.45, 2.75) is 38.9 Å². The Morgan fingerprint density at radius 3 is 2.80 bits per heavy atom. The second kappa shape index (κ2) is 3.40. The van der Waals surface area contributed by atoms with E-state index in [1.165, 1.54) is 0 Å². The molecule has 3 unspecified atom stereocenters. The van der Waals surface area contributed by atoms with Crippen LogP contribution in [0.4, 0.5) is 0 Å². The van der Waals surface area contributed by atoms with Gasteiger partial charge in [-0.25, -0.2) is 0 Å². The fourth-order valence-corrected chi connectivity index (χ4v) is 1.13. The fourth-order valence-electron chi connectivity index (χ4n) is 1.13. The SMILES string of the molecule is CC1C[B]CC(O)OC1C. The van der Waals surface area contributed by atoms with Gasteiger partial charge < -0.3 is 9.84 Å². The molecule has 1 rings (SSSR count). The van der Waals surface area contributed by atoms with Gasteiger partial charge in [0.15, 0.2) is 0 Å². The number of rotatable bonds is 0. The van der Waals surface area contributed by atoms with Crippen molar-refractivity contribution in [2.75, 3.05) is 0 Å². The Balaban J connectivity index is 2.41. The van der Waals surface area contributed by atoms with Crippen molar-refractivity contribution in [3.8, 4) is 0 Å². The van der Waals surface area contributed by atoms with Crippen LogP contribution in [0.25, 0.3) is 0 Å². The van der Waals surface area contributed by atoms with Gasteiger partial charge >= 0.3 is 0 Å². The Labute approximate surface area is 62.8 Å².